The van der Waals surface area contributed by atoms with Crippen molar-refractivity contribution in [2.24, 2.45) is 0 Å². The second-order valence-electron chi connectivity index (χ2n) is 5.44. The largest absolute Gasteiger partial charge is 0.309 e. The van der Waals surface area contributed by atoms with Crippen molar-refractivity contribution >= 4 is 11.8 Å². The number of fused-ring (bicyclic) bond motifs is 1. The number of nitrogens with one attached hydrogen (secondary N) is 1. The molecule has 0 fully saturated rings. The van der Waals surface area contributed by atoms with Gasteiger partial charge < -0.3 is 5.32 Å². The molecule has 0 aliphatic carbocycles. The van der Waals surface area contributed by atoms with Gasteiger partial charge in [0, 0.05) is 22.6 Å². The highest BCUT2D eigenvalue weighted by molar-refractivity contribution is 7.99. The number of thioether (sulfide) groups is 1. The lowest BCUT2D eigenvalue weighted by Gasteiger charge is -2.26. The molecular weight excluding hydrogens is 281 g/mol. The molecule has 1 heterocycles. The smallest absolute Gasteiger partial charge is 0.123 e. The summed E-state index contributed by atoms with van der Waals surface area (Å²) in [5.74, 6) is 1.36. The van der Waals surface area contributed by atoms with Gasteiger partial charge in [0.15, 0.2) is 0 Å². The first kappa shape index (κ1) is 14.6. The molecule has 0 saturated heterocycles. The summed E-state index contributed by atoms with van der Waals surface area (Å²) < 4.78 is 13.2. The van der Waals surface area contributed by atoms with Crippen LogP contribution in [0.3, 0.4) is 0 Å². The third-order valence-corrected chi connectivity index (χ3v) is 5.19. The molecule has 0 radical (unpaired) electrons. The van der Waals surface area contributed by atoms with E-state index < -0.39 is 0 Å². The first-order valence-electron chi connectivity index (χ1n) is 7.50. The van der Waals surface area contributed by atoms with Gasteiger partial charge in [0.25, 0.3) is 0 Å². The molecule has 21 heavy (non-hydrogen) atoms. The summed E-state index contributed by atoms with van der Waals surface area (Å²) >= 11 is 1.92. The first-order chi connectivity index (χ1) is 10.3. The van der Waals surface area contributed by atoms with Crippen molar-refractivity contribution in [1.29, 1.82) is 0 Å². The Hall–Kier alpha value is -1.32. The van der Waals surface area contributed by atoms with Gasteiger partial charge in [-0.1, -0.05) is 37.3 Å². The molecule has 0 amide bonds. The second-order valence-corrected chi connectivity index (χ2v) is 6.50. The molecule has 1 nitrogen and oxygen atoms in total. The van der Waals surface area contributed by atoms with Crippen LogP contribution in [0.4, 0.5) is 4.39 Å². The maximum atomic E-state index is 13.2. The first-order valence-corrected chi connectivity index (χ1v) is 8.48. The molecule has 2 atom stereocenters. The summed E-state index contributed by atoms with van der Waals surface area (Å²) in [6.45, 7) is 3.15. The number of hydrogen-bond donors (Lipinski definition) is 1. The van der Waals surface area contributed by atoms with Crippen LogP contribution in [-0.2, 0) is 0 Å². The third-order valence-electron chi connectivity index (χ3n) is 3.98. The number of rotatable bonds is 5. The van der Waals surface area contributed by atoms with Gasteiger partial charge >= 0.3 is 0 Å². The fraction of sp³-hybridized carbons (Fsp3) is 0.333. The maximum Gasteiger partial charge on any atom is 0.123 e. The fourth-order valence-electron chi connectivity index (χ4n) is 2.93. The highest BCUT2D eigenvalue weighted by Crippen LogP contribution is 2.45. The van der Waals surface area contributed by atoms with Crippen molar-refractivity contribution in [3.63, 3.8) is 0 Å². The summed E-state index contributed by atoms with van der Waals surface area (Å²) in [4.78, 5) is 1.38. The second kappa shape index (κ2) is 6.63. The van der Waals surface area contributed by atoms with Crippen molar-refractivity contribution in [1.82, 2.24) is 5.32 Å². The van der Waals surface area contributed by atoms with Crippen LogP contribution in [0.15, 0.2) is 53.4 Å². The summed E-state index contributed by atoms with van der Waals surface area (Å²) in [7, 11) is 0. The van der Waals surface area contributed by atoms with Crippen molar-refractivity contribution in [3.8, 4) is 0 Å². The van der Waals surface area contributed by atoms with E-state index in [4.69, 9.17) is 0 Å². The Kier molecular flexibility index (Phi) is 4.61. The Morgan fingerprint density at radius 1 is 1.19 bits per heavy atom. The lowest BCUT2D eigenvalue weighted by molar-refractivity contribution is 0.471. The van der Waals surface area contributed by atoms with Crippen LogP contribution in [0.2, 0.25) is 0 Å². The average Bonchev–Trinajstić information content (AvgIpc) is 2.93. The summed E-state index contributed by atoms with van der Waals surface area (Å²) in [6, 6.07) is 15.8. The van der Waals surface area contributed by atoms with Crippen LogP contribution in [0.25, 0.3) is 0 Å². The van der Waals surface area contributed by atoms with E-state index in [1.54, 1.807) is 12.1 Å². The molecule has 2 aromatic rings. The lowest BCUT2D eigenvalue weighted by Crippen LogP contribution is -2.28. The molecule has 3 rings (SSSR count). The minimum absolute atomic E-state index is 0.172. The quantitative estimate of drug-likeness (QED) is 0.855. The molecule has 2 unspecified atom stereocenters. The molecule has 2 aromatic carbocycles. The van der Waals surface area contributed by atoms with E-state index in [0.29, 0.717) is 5.92 Å². The maximum absolute atomic E-state index is 13.2. The summed E-state index contributed by atoms with van der Waals surface area (Å²) in [6.07, 6.45) is 1.10. The van der Waals surface area contributed by atoms with Gasteiger partial charge in [-0.3, -0.25) is 0 Å². The van der Waals surface area contributed by atoms with Crippen molar-refractivity contribution < 1.29 is 4.39 Å². The fourth-order valence-corrected chi connectivity index (χ4v) is 4.22. The topological polar surface area (TPSA) is 12.0 Å². The predicted octanol–water partition coefficient (Wildman–Crippen LogP) is 4.76. The normalized spacial score (nSPS) is 18.5. The van der Waals surface area contributed by atoms with Crippen LogP contribution in [0, 0.1) is 5.82 Å². The van der Waals surface area contributed by atoms with E-state index in [0.717, 1.165) is 18.7 Å². The Morgan fingerprint density at radius 2 is 1.95 bits per heavy atom. The minimum atomic E-state index is -0.172. The Balaban J connectivity index is 1.91. The standard InChI is InChI=1S/C18H20FNS/c1-2-11-20-18(13-7-9-14(19)10-8-13)16-12-21-17-6-4-3-5-15(16)17/h3-10,16,18,20H,2,11-12H2,1H3. The number of halogens is 1. The van der Waals surface area contributed by atoms with Crippen LogP contribution in [-0.4, -0.2) is 12.3 Å². The van der Waals surface area contributed by atoms with Gasteiger partial charge in [-0.05, 0) is 42.3 Å². The van der Waals surface area contributed by atoms with E-state index in [1.165, 1.54) is 16.0 Å². The Bertz CT molecular complexity index is 596. The van der Waals surface area contributed by atoms with Crippen LogP contribution < -0.4 is 5.32 Å². The summed E-state index contributed by atoms with van der Waals surface area (Å²) in [5, 5.41) is 3.65. The zero-order chi connectivity index (χ0) is 14.7. The zero-order valence-electron chi connectivity index (χ0n) is 12.2. The molecule has 0 saturated carbocycles. The van der Waals surface area contributed by atoms with Gasteiger partial charge in [0.05, 0.1) is 0 Å². The van der Waals surface area contributed by atoms with E-state index >= 15 is 0 Å². The van der Waals surface area contributed by atoms with E-state index in [1.807, 2.05) is 23.9 Å². The molecular formula is C18H20FNS. The highest BCUT2D eigenvalue weighted by atomic mass is 32.2. The third kappa shape index (κ3) is 3.14. The molecule has 0 aromatic heterocycles. The predicted molar refractivity (Wildman–Crippen MR) is 87.3 cm³/mol. The average molecular weight is 301 g/mol. The molecule has 0 spiro atoms. The lowest BCUT2D eigenvalue weighted by atomic mass is 9.88. The van der Waals surface area contributed by atoms with Gasteiger partial charge in [0.1, 0.15) is 5.82 Å². The SMILES string of the molecule is CCCNC(c1ccc(F)cc1)C1CSc2ccccc21. The van der Waals surface area contributed by atoms with Gasteiger partial charge in [-0.2, -0.15) is 0 Å². The van der Waals surface area contributed by atoms with Crippen molar-refractivity contribution in [2.45, 2.75) is 30.2 Å². The van der Waals surface area contributed by atoms with Crippen molar-refractivity contribution in [2.75, 3.05) is 12.3 Å². The van der Waals surface area contributed by atoms with Crippen molar-refractivity contribution in [3.05, 3.63) is 65.5 Å². The molecule has 1 aliphatic rings. The van der Waals surface area contributed by atoms with Gasteiger partial charge in [-0.15, -0.1) is 11.8 Å². The molecule has 110 valence electrons. The summed E-state index contributed by atoms with van der Waals surface area (Å²) in [5.41, 5.74) is 2.59. The minimum Gasteiger partial charge on any atom is -0.309 e. The van der Waals surface area contributed by atoms with Gasteiger partial charge in [-0.25, -0.2) is 4.39 Å². The van der Waals surface area contributed by atoms with E-state index in [-0.39, 0.29) is 11.9 Å². The Morgan fingerprint density at radius 3 is 2.71 bits per heavy atom. The highest BCUT2D eigenvalue weighted by Gasteiger charge is 2.30. The van der Waals surface area contributed by atoms with E-state index in [2.05, 4.69) is 36.5 Å². The molecule has 1 N–H and O–H groups in total. The van der Waals surface area contributed by atoms with Crippen LogP contribution >= 0.6 is 11.8 Å². The van der Waals surface area contributed by atoms with E-state index in [9.17, 15) is 4.39 Å². The Labute approximate surface area is 130 Å². The van der Waals surface area contributed by atoms with Crippen LogP contribution in [0.5, 0.6) is 0 Å². The zero-order valence-corrected chi connectivity index (χ0v) is 13.0. The molecule has 0 bridgehead atoms. The monoisotopic (exact) mass is 301 g/mol. The molecule has 3 heteroatoms. The van der Waals surface area contributed by atoms with Gasteiger partial charge in [0.2, 0.25) is 0 Å². The molecule has 1 aliphatic heterocycles. The number of hydrogen-bond acceptors (Lipinski definition) is 2. The van der Waals surface area contributed by atoms with Crippen LogP contribution in [0.1, 0.15) is 36.4 Å². The number of benzene rings is 2.